The number of aliphatic carboxylic acids is 1. The summed E-state index contributed by atoms with van der Waals surface area (Å²) in [5.74, 6) is 0.215. The van der Waals surface area contributed by atoms with Gasteiger partial charge in [-0.05, 0) is 42.0 Å². The lowest BCUT2D eigenvalue weighted by molar-refractivity contribution is -0.138. The van der Waals surface area contributed by atoms with Crippen molar-refractivity contribution in [1.29, 1.82) is 0 Å². The van der Waals surface area contributed by atoms with Crippen molar-refractivity contribution in [3.63, 3.8) is 0 Å². The minimum absolute atomic E-state index is 0.0181. The van der Waals surface area contributed by atoms with Crippen molar-refractivity contribution in [2.75, 3.05) is 0 Å². The summed E-state index contributed by atoms with van der Waals surface area (Å²) in [4.78, 5) is 15.0. The number of aromatic nitrogens is 2. The minimum Gasteiger partial charge on any atom is -0.489 e. The molecular formula is C23H23F3N2O3. The maximum Gasteiger partial charge on any atom is 0.416 e. The number of alkyl halides is 3. The number of nitrogens with zero attached hydrogens (tertiary/aromatic N) is 2. The number of pyridine rings is 1. The summed E-state index contributed by atoms with van der Waals surface area (Å²) in [6.45, 7) is 0.0181. The van der Waals surface area contributed by atoms with Gasteiger partial charge in [-0.25, -0.2) is 4.98 Å². The number of rotatable bonds is 7. The molecule has 4 rings (SSSR count). The zero-order valence-corrected chi connectivity index (χ0v) is 16.9. The highest BCUT2D eigenvalue weighted by Gasteiger charge is 2.36. The molecule has 164 valence electrons. The fourth-order valence-electron chi connectivity index (χ4n) is 4.23. The van der Waals surface area contributed by atoms with Crippen LogP contribution < -0.4 is 4.74 Å². The molecule has 8 heteroatoms. The lowest BCUT2D eigenvalue weighted by Gasteiger charge is -2.19. The van der Waals surface area contributed by atoms with E-state index in [1.807, 2.05) is 0 Å². The minimum atomic E-state index is -4.39. The molecule has 1 aliphatic carbocycles. The molecule has 0 saturated heterocycles. The Balaban J connectivity index is 1.49. The average molecular weight is 432 g/mol. The van der Waals surface area contributed by atoms with E-state index in [9.17, 15) is 18.0 Å². The number of carboxylic acid groups (broad SMARTS) is 1. The number of aryl methyl sites for hydroxylation is 1. The zero-order valence-electron chi connectivity index (χ0n) is 16.9. The summed E-state index contributed by atoms with van der Waals surface area (Å²) >= 11 is 0. The van der Waals surface area contributed by atoms with Gasteiger partial charge in [0.2, 0.25) is 0 Å². The second-order valence-corrected chi connectivity index (χ2v) is 7.91. The molecular weight excluding hydrogens is 409 g/mol. The van der Waals surface area contributed by atoms with Gasteiger partial charge in [0.25, 0.3) is 0 Å². The van der Waals surface area contributed by atoms with Crippen LogP contribution in [0.25, 0.3) is 5.52 Å². The zero-order chi connectivity index (χ0) is 22.0. The Labute approximate surface area is 177 Å². The van der Waals surface area contributed by atoms with E-state index in [4.69, 9.17) is 9.84 Å². The lowest BCUT2D eigenvalue weighted by Crippen LogP contribution is -2.12. The first kappa shape index (κ1) is 21.2. The third-order valence-electron chi connectivity index (χ3n) is 5.77. The number of ether oxygens (including phenoxy) is 1. The summed E-state index contributed by atoms with van der Waals surface area (Å²) in [5, 5.41) is 8.83. The van der Waals surface area contributed by atoms with Gasteiger partial charge >= 0.3 is 12.1 Å². The summed E-state index contributed by atoms with van der Waals surface area (Å²) < 4.78 is 48.5. The van der Waals surface area contributed by atoms with Crippen LogP contribution in [-0.4, -0.2) is 20.5 Å². The van der Waals surface area contributed by atoms with Gasteiger partial charge in [-0.2, -0.15) is 13.2 Å². The molecule has 1 fully saturated rings. The molecule has 0 aliphatic heterocycles. The summed E-state index contributed by atoms with van der Waals surface area (Å²) in [6.07, 6.45) is 2.78. The molecule has 1 N–H and O–H groups in total. The average Bonchev–Trinajstić information content (AvgIpc) is 3.39. The van der Waals surface area contributed by atoms with Crippen LogP contribution in [0.2, 0.25) is 0 Å². The maximum atomic E-state index is 13.6. The monoisotopic (exact) mass is 432 g/mol. The first-order chi connectivity index (χ1) is 14.8. The first-order valence-electron chi connectivity index (χ1n) is 10.3. The number of carbonyl (C=O) groups is 1. The van der Waals surface area contributed by atoms with Gasteiger partial charge < -0.3 is 14.2 Å². The van der Waals surface area contributed by atoms with Crippen molar-refractivity contribution in [2.24, 2.45) is 0 Å². The van der Waals surface area contributed by atoms with E-state index >= 15 is 0 Å². The van der Waals surface area contributed by atoms with E-state index in [-0.39, 0.29) is 18.9 Å². The Morgan fingerprint density at radius 2 is 1.97 bits per heavy atom. The van der Waals surface area contributed by atoms with Crippen molar-refractivity contribution < 1.29 is 27.8 Å². The molecule has 5 nitrogen and oxygen atoms in total. The highest BCUT2D eigenvalue weighted by Crippen LogP contribution is 2.42. The molecule has 2 heterocycles. The van der Waals surface area contributed by atoms with Crippen LogP contribution in [0.1, 0.15) is 60.5 Å². The van der Waals surface area contributed by atoms with Crippen molar-refractivity contribution in [1.82, 2.24) is 9.38 Å². The first-order valence-corrected chi connectivity index (χ1v) is 10.3. The number of halogens is 3. The van der Waals surface area contributed by atoms with Gasteiger partial charge in [0.1, 0.15) is 18.2 Å². The fourth-order valence-corrected chi connectivity index (χ4v) is 4.23. The number of fused-ring (bicyclic) bond motifs is 1. The fraction of sp³-hybridized carbons (Fsp3) is 0.391. The third-order valence-corrected chi connectivity index (χ3v) is 5.77. The Morgan fingerprint density at radius 1 is 1.19 bits per heavy atom. The highest BCUT2D eigenvalue weighted by atomic mass is 19.4. The number of imidazole rings is 1. The highest BCUT2D eigenvalue weighted by molar-refractivity contribution is 5.67. The predicted octanol–water partition coefficient (Wildman–Crippen LogP) is 5.61. The number of benzene rings is 1. The molecule has 1 aromatic carbocycles. The number of hydrogen-bond acceptors (Lipinski definition) is 3. The molecule has 1 saturated carbocycles. The van der Waals surface area contributed by atoms with Gasteiger partial charge in [0, 0.05) is 18.7 Å². The van der Waals surface area contributed by atoms with E-state index in [2.05, 4.69) is 4.98 Å². The molecule has 0 radical (unpaired) electrons. The third kappa shape index (κ3) is 4.84. The molecule has 0 amide bonds. The van der Waals surface area contributed by atoms with Crippen molar-refractivity contribution in [3.8, 4) is 5.75 Å². The van der Waals surface area contributed by atoms with E-state index in [1.165, 1.54) is 6.07 Å². The Bertz CT molecular complexity index is 1090. The number of hydrogen-bond donors (Lipinski definition) is 1. The van der Waals surface area contributed by atoms with Gasteiger partial charge in [-0.1, -0.05) is 25.0 Å². The van der Waals surface area contributed by atoms with E-state index in [0.29, 0.717) is 29.1 Å². The Morgan fingerprint density at radius 3 is 2.68 bits per heavy atom. The molecule has 0 spiro atoms. The Kier molecular flexibility index (Phi) is 5.89. The van der Waals surface area contributed by atoms with Gasteiger partial charge in [-0.15, -0.1) is 0 Å². The SMILES string of the molecule is O=C(O)CCc1ncc2cc(OCc3ccc(C4CCCC4)c(C(F)(F)F)c3)ccn12. The van der Waals surface area contributed by atoms with Crippen LogP contribution in [-0.2, 0) is 24.0 Å². The van der Waals surface area contributed by atoms with Crippen LogP contribution in [0.3, 0.4) is 0 Å². The summed E-state index contributed by atoms with van der Waals surface area (Å²) in [7, 11) is 0. The van der Waals surface area contributed by atoms with Crippen molar-refractivity contribution in [2.45, 2.75) is 57.2 Å². The predicted molar refractivity (Wildman–Crippen MR) is 108 cm³/mol. The van der Waals surface area contributed by atoms with E-state index < -0.39 is 17.7 Å². The standard InChI is InChI=1S/C23H23F3N2O3/c24-23(25,26)20-11-15(5-6-19(20)16-3-1-2-4-16)14-31-18-9-10-28-17(12-18)13-27-21(28)7-8-22(29)30/h5-6,9-13,16H,1-4,7-8,14H2,(H,29,30). The molecule has 3 aromatic rings. The van der Waals surface area contributed by atoms with E-state index in [0.717, 1.165) is 31.2 Å². The summed E-state index contributed by atoms with van der Waals surface area (Å²) in [5.41, 5.74) is 1.02. The van der Waals surface area contributed by atoms with Gasteiger partial charge in [0.05, 0.1) is 23.7 Å². The number of carboxylic acids is 1. The van der Waals surface area contributed by atoms with Crippen molar-refractivity contribution >= 4 is 11.5 Å². The molecule has 2 aromatic heterocycles. The van der Waals surface area contributed by atoms with Crippen LogP contribution in [0.5, 0.6) is 5.75 Å². The van der Waals surface area contributed by atoms with E-state index in [1.54, 1.807) is 41.1 Å². The molecule has 31 heavy (non-hydrogen) atoms. The van der Waals surface area contributed by atoms with Gasteiger partial charge in [0.15, 0.2) is 0 Å². The largest absolute Gasteiger partial charge is 0.489 e. The van der Waals surface area contributed by atoms with Crippen LogP contribution in [0.4, 0.5) is 13.2 Å². The van der Waals surface area contributed by atoms with Crippen LogP contribution in [0, 0.1) is 0 Å². The van der Waals surface area contributed by atoms with Crippen LogP contribution in [0.15, 0.2) is 42.7 Å². The summed E-state index contributed by atoms with van der Waals surface area (Å²) in [6, 6.07) is 7.94. The quantitative estimate of drug-likeness (QED) is 0.527. The lowest BCUT2D eigenvalue weighted by atomic mass is 9.91. The second kappa shape index (κ2) is 8.61. The van der Waals surface area contributed by atoms with Gasteiger partial charge in [-0.3, -0.25) is 4.79 Å². The molecule has 1 aliphatic rings. The molecule has 0 atom stereocenters. The topological polar surface area (TPSA) is 63.8 Å². The maximum absolute atomic E-state index is 13.6. The van der Waals surface area contributed by atoms with Crippen LogP contribution >= 0.6 is 0 Å². The van der Waals surface area contributed by atoms with Crippen molar-refractivity contribution in [3.05, 3.63) is 65.2 Å². The normalized spacial score (nSPS) is 14.9. The molecule has 0 unspecified atom stereocenters. The molecule has 0 bridgehead atoms. The Hall–Kier alpha value is -3.03. The second-order valence-electron chi connectivity index (χ2n) is 7.91. The smallest absolute Gasteiger partial charge is 0.416 e.